The number of methoxy groups -OCH3 is 1. The number of hydrazine groups is 1. The molecule has 0 aromatic rings. The van der Waals surface area contributed by atoms with Crippen molar-refractivity contribution in [1.29, 1.82) is 0 Å². The van der Waals surface area contributed by atoms with E-state index in [9.17, 15) is 0 Å². The summed E-state index contributed by atoms with van der Waals surface area (Å²) >= 11 is 0. The van der Waals surface area contributed by atoms with Gasteiger partial charge >= 0.3 is 0 Å². The van der Waals surface area contributed by atoms with Gasteiger partial charge in [-0.15, -0.1) is 0 Å². The van der Waals surface area contributed by atoms with Crippen molar-refractivity contribution in [1.82, 2.24) is 5.01 Å². The van der Waals surface area contributed by atoms with Gasteiger partial charge in [0.25, 0.3) is 0 Å². The van der Waals surface area contributed by atoms with Crippen LogP contribution in [0.25, 0.3) is 0 Å². The molecule has 0 radical (unpaired) electrons. The minimum atomic E-state index is 0.245. The maximum absolute atomic E-state index is 5.46. The monoisotopic (exact) mass is 146 g/mol. The Hall–Kier alpha value is -0.120. The summed E-state index contributed by atoms with van der Waals surface area (Å²) in [5.74, 6) is 5.98. The zero-order valence-corrected chi connectivity index (χ0v) is 7.29. The molecular formula is C7H18N2O. The third-order valence-electron chi connectivity index (χ3n) is 1.51. The van der Waals surface area contributed by atoms with Crippen molar-refractivity contribution in [2.75, 3.05) is 20.7 Å². The van der Waals surface area contributed by atoms with Crippen LogP contribution >= 0.6 is 0 Å². The molecule has 0 aromatic heterocycles. The van der Waals surface area contributed by atoms with E-state index in [0.29, 0.717) is 5.92 Å². The van der Waals surface area contributed by atoms with Gasteiger partial charge in [-0.25, -0.2) is 5.01 Å². The summed E-state index contributed by atoms with van der Waals surface area (Å²) in [6.45, 7) is 5.03. The van der Waals surface area contributed by atoms with E-state index >= 15 is 0 Å². The molecule has 10 heavy (non-hydrogen) atoms. The van der Waals surface area contributed by atoms with E-state index in [2.05, 4.69) is 13.8 Å². The molecule has 3 heteroatoms. The van der Waals surface area contributed by atoms with E-state index in [-0.39, 0.29) is 6.10 Å². The van der Waals surface area contributed by atoms with Crippen LogP contribution in [0.4, 0.5) is 0 Å². The van der Waals surface area contributed by atoms with E-state index in [4.69, 9.17) is 10.6 Å². The molecule has 62 valence electrons. The number of likely N-dealkylation sites (N-methyl/N-ethyl adjacent to an activating group) is 1. The van der Waals surface area contributed by atoms with E-state index in [1.54, 1.807) is 12.1 Å². The lowest BCUT2D eigenvalue weighted by Gasteiger charge is -2.22. The summed E-state index contributed by atoms with van der Waals surface area (Å²) in [6, 6.07) is 0. The molecule has 0 bridgehead atoms. The molecule has 2 N–H and O–H groups in total. The molecule has 0 fully saturated rings. The average Bonchev–Trinajstić information content (AvgIpc) is 1.81. The lowest BCUT2D eigenvalue weighted by molar-refractivity contribution is 0.0387. The van der Waals surface area contributed by atoms with E-state index in [1.807, 2.05) is 7.05 Å². The van der Waals surface area contributed by atoms with Gasteiger partial charge in [0.15, 0.2) is 0 Å². The Bertz CT molecular complexity index is 83.7. The molecule has 1 unspecified atom stereocenters. The van der Waals surface area contributed by atoms with Crippen LogP contribution in [0.2, 0.25) is 0 Å². The quantitative estimate of drug-likeness (QED) is 0.462. The molecule has 3 nitrogen and oxygen atoms in total. The van der Waals surface area contributed by atoms with E-state index in [1.165, 1.54) is 0 Å². The smallest absolute Gasteiger partial charge is 0.0734 e. The fourth-order valence-corrected chi connectivity index (χ4v) is 0.841. The fraction of sp³-hybridized carbons (Fsp3) is 1.00. The first-order chi connectivity index (χ1) is 4.57. The number of nitrogens with two attached hydrogens (primary N) is 1. The van der Waals surface area contributed by atoms with E-state index < -0.39 is 0 Å². The first-order valence-corrected chi connectivity index (χ1v) is 3.56. The predicted molar refractivity (Wildman–Crippen MR) is 42.5 cm³/mol. The van der Waals surface area contributed by atoms with Crippen molar-refractivity contribution in [3.63, 3.8) is 0 Å². The predicted octanol–water partition coefficient (Wildman–Crippen LogP) is 0.463. The van der Waals surface area contributed by atoms with Crippen molar-refractivity contribution < 1.29 is 4.74 Å². The van der Waals surface area contributed by atoms with E-state index in [0.717, 1.165) is 6.54 Å². The normalized spacial score (nSPS) is 14.7. The van der Waals surface area contributed by atoms with Gasteiger partial charge in [0.2, 0.25) is 0 Å². The zero-order valence-electron chi connectivity index (χ0n) is 7.29. The van der Waals surface area contributed by atoms with Crippen LogP contribution in [0.15, 0.2) is 0 Å². The second kappa shape index (κ2) is 4.66. The Kier molecular flexibility index (Phi) is 4.60. The average molecular weight is 146 g/mol. The molecule has 0 aliphatic heterocycles. The number of hydrogen-bond donors (Lipinski definition) is 1. The second-order valence-electron chi connectivity index (χ2n) is 2.96. The topological polar surface area (TPSA) is 38.5 Å². The molecule has 0 aliphatic rings. The number of rotatable bonds is 4. The van der Waals surface area contributed by atoms with Crippen LogP contribution in [-0.2, 0) is 4.74 Å². The van der Waals surface area contributed by atoms with Crippen LogP contribution in [-0.4, -0.2) is 31.8 Å². The summed E-state index contributed by atoms with van der Waals surface area (Å²) in [6.07, 6.45) is 0.245. The van der Waals surface area contributed by atoms with Gasteiger partial charge in [0, 0.05) is 20.7 Å². The zero-order chi connectivity index (χ0) is 8.15. The van der Waals surface area contributed by atoms with Crippen molar-refractivity contribution in [3.05, 3.63) is 0 Å². The first-order valence-electron chi connectivity index (χ1n) is 3.56. The molecule has 0 aliphatic carbocycles. The maximum atomic E-state index is 5.46. The molecule has 0 aromatic carbocycles. The fourth-order valence-electron chi connectivity index (χ4n) is 0.841. The van der Waals surface area contributed by atoms with Crippen molar-refractivity contribution in [2.24, 2.45) is 11.8 Å². The highest BCUT2D eigenvalue weighted by molar-refractivity contribution is 4.63. The van der Waals surface area contributed by atoms with Crippen LogP contribution in [0.3, 0.4) is 0 Å². The third-order valence-corrected chi connectivity index (χ3v) is 1.51. The van der Waals surface area contributed by atoms with Crippen molar-refractivity contribution in [2.45, 2.75) is 20.0 Å². The standard InChI is InChI=1S/C7H18N2O/c1-6(2)7(10-4)5-9(3)8/h6-7H,5,8H2,1-4H3. The van der Waals surface area contributed by atoms with Crippen LogP contribution in [0.5, 0.6) is 0 Å². The molecule has 0 saturated heterocycles. The summed E-state index contributed by atoms with van der Waals surface area (Å²) in [4.78, 5) is 0. The largest absolute Gasteiger partial charge is 0.380 e. The van der Waals surface area contributed by atoms with Gasteiger partial charge in [-0.3, -0.25) is 5.84 Å². The van der Waals surface area contributed by atoms with Gasteiger partial charge in [-0.05, 0) is 5.92 Å². The summed E-state index contributed by atoms with van der Waals surface area (Å²) in [5, 5.41) is 1.65. The molecule has 0 amide bonds. The third kappa shape index (κ3) is 3.82. The number of ether oxygens (including phenoxy) is 1. The lowest BCUT2D eigenvalue weighted by Crippen LogP contribution is -2.37. The number of hydrogen-bond acceptors (Lipinski definition) is 3. The van der Waals surface area contributed by atoms with Gasteiger partial charge in [0.1, 0.15) is 0 Å². The van der Waals surface area contributed by atoms with Crippen LogP contribution in [0.1, 0.15) is 13.8 Å². The summed E-state index contributed by atoms with van der Waals surface area (Å²) in [5.41, 5.74) is 0. The molecular weight excluding hydrogens is 128 g/mol. The van der Waals surface area contributed by atoms with Gasteiger partial charge in [-0.2, -0.15) is 0 Å². The number of nitrogens with zero attached hydrogens (tertiary/aromatic N) is 1. The Morgan fingerprint density at radius 1 is 1.50 bits per heavy atom. The molecule has 1 atom stereocenters. The minimum absolute atomic E-state index is 0.245. The minimum Gasteiger partial charge on any atom is -0.380 e. The molecule has 0 rings (SSSR count). The Labute approximate surface area is 63.1 Å². The summed E-state index contributed by atoms with van der Waals surface area (Å²) in [7, 11) is 3.56. The first kappa shape index (κ1) is 9.88. The molecule has 0 spiro atoms. The Balaban J connectivity index is 3.60. The molecule has 0 heterocycles. The molecule has 0 saturated carbocycles. The lowest BCUT2D eigenvalue weighted by atomic mass is 10.1. The SMILES string of the molecule is COC(CN(C)N)C(C)C. The Morgan fingerprint density at radius 3 is 2.10 bits per heavy atom. The van der Waals surface area contributed by atoms with Crippen LogP contribution < -0.4 is 5.84 Å². The van der Waals surface area contributed by atoms with Crippen LogP contribution in [0, 0.1) is 5.92 Å². The van der Waals surface area contributed by atoms with Gasteiger partial charge in [-0.1, -0.05) is 13.8 Å². The highest BCUT2D eigenvalue weighted by atomic mass is 16.5. The Morgan fingerprint density at radius 2 is 2.00 bits per heavy atom. The maximum Gasteiger partial charge on any atom is 0.0734 e. The highest BCUT2D eigenvalue weighted by Crippen LogP contribution is 2.04. The van der Waals surface area contributed by atoms with Gasteiger partial charge in [0.05, 0.1) is 6.10 Å². The van der Waals surface area contributed by atoms with Crippen molar-refractivity contribution >= 4 is 0 Å². The summed E-state index contributed by atoms with van der Waals surface area (Å²) < 4.78 is 5.20. The van der Waals surface area contributed by atoms with Gasteiger partial charge < -0.3 is 4.74 Å². The highest BCUT2D eigenvalue weighted by Gasteiger charge is 2.12. The van der Waals surface area contributed by atoms with Crippen molar-refractivity contribution in [3.8, 4) is 0 Å². The second-order valence-corrected chi connectivity index (χ2v) is 2.96.